The maximum Gasteiger partial charge on any atom is 0.411 e. The van der Waals surface area contributed by atoms with Crippen molar-refractivity contribution in [1.82, 2.24) is 15.6 Å². The number of aromatic nitrogens is 1. The Kier molecular flexibility index (Phi) is 11.6. The molecule has 0 aliphatic carbocycles. The van der Waals surface area contributed by atoms with E-state index in [1.165, 1.54) is 0 Å². The molecule has 2 aromatic rings. The lowest BCUT2D eigenvalue weighted by atomic mass is 10.1. The van der Waals surface area contributed by atoms with Gasteiger partial charge >= 0.3 is 6.18 Å². The van der Waals surface area contributed by atoms with Crippen LogP contribution in [0.3, 0.4) is 0 Å². The molecule has 0 bridgehead atoms. The third-order valence-corrected chi connectivity index (χ3v) is 4.76. The molecule has 0 atom stereocenters. The molecule has 0 aliphatic rings. The maximum absolute atomic E-state index is 12.1. The molecule has 0 saturated carbocycles. The van der Waals surface area contributed by atoms with Crippen molar-refractivity contribution in [2.75, 3.05) is 13.2 Å². The van der Waals surface area contributed by atoms with Crippen molar-refractivity contribution in [3.8, 4) is 0 Å². The van der Waals surface area contributed by atoms with Crippen molar-refractivity contribution < 1.29 is 17.9 Å². The minimum atomic E-state index is -4.31. The van der Waals surface area contributed by atoms with Gasteiger partial charge in [0.1, 0.15) is 11.6 Å². The van der Waals surface area contributed by atoms with Crippen molar-refractivity contribution in [3.63, 3.8) is 0 Å². The fraction of sp³-hybridized carbons (Fsp3) is 0.500. The van der Waals surface area contributed by atoms with Crippen LogP contribution in [-0.2, 0) is 24.4 Å². The summed E-state index contributed by atoms with van der Waals surface area (Å²) in [5, 5.41) is 9.55. The highest BCUT2D eigenvalue weighted by Crippen LogP contribution is 2.18. The van der Waals surface area contributed by atoms with Crippen molar-refractivity contribution in [2.24, 2.45) is 4.99 Å². The van der Waals surface area contributed by atoms with E-state index in [0.717, 1.165) is 22.8 Å². The monoisotopic (exact) mass is 556 g/mol. The Balaban J connectivity index is 0.00000450. The van der Waals surface area contributed by atoms with E-state index in [1.807, 2.05) is 19.1 Å². The zero-order valence-electron chi connectivity index (χ0n) is 17.3. The number of ether oxygens (including phenoxy) is 1. The van der Waals surface area contributed by atoms with Gasteiger partial charge in [-0.2, -0.15) is 13.2 Å². The molecule has 0 fully saturated rings. The molecule has 0 amide bonds. The summed E-state index contributed by atoms with van der Waals surface area (Å²) >= 11 is 1.62. The van der Waals surface area contributed by atoms with Crippen LogP contribution in [0.5, 0.6) is 0 Å². The van der Waals surface area contributed by atoms with Crippen molar-refractivity contribution >= 4 is 41.3 Å². The summed E-state index contributed by atoms with van der Waals surface area (Å²) < 4.78 is 41.0. The maximum atomic E-state index is 12.1. The van der Waals surface area contributed by atoms with Crippen LogP contribution in [0.1, 0.15) is 48.5 Å². The van der Waals surface area contributed by atoms with Crippen LogP contribution in [-0.4, -0.2) is 30.3 Å². The van der Waals surface area contributed by atoms with Gasteiger partial charge in [-0.25, -0.2) is 9.98 Å². The fourth-order valence-corrected chi connectivity index (χ4v) is 3.26. The highest BCUT2D eigenvalue weighted by molar-refractivity contribution is 14.0. The van der Waals surface area contributed by atoms with Crippen LogP contribution in [0.4, 0.5) is 13.2 Å². The Bertz CT molecular complexity index is 779. The lowest BCUT2D eigenvalue weighted by Gasteiger charge is -2.10. The van der Waals surface area contributed by atoms with Gasteiger partial charge in [-0.3, -0.25) is 0 Å². The van der Waals surface area contributed by atoms with Gasteiger partial charge in [0.25, 0.3) is 0 Å². The fourth-order valence-electron chi connectivity index (χ4n) is 2.37. The number of nitrogens with zero attached hydrogens (tertiary/aromatic N) is 2. The second-order valence-electron chi connectivity index (χ2n) is 6.79. The number of hydrogen-bond donors (Lipinski definition) is 2. The third kappa shape index (κ3) is 10.1. The van der Waals surface area contributed by atoms with Gasteiger partial charge in [0, 0.05) is 11.9 Å². The molecule has 0 spiro atoms. The Morgan fingerprint density at radius 1 is 1.17 bits per heavy atom. The molecule has 10 heteroatoms. The first-order chi connectivity index (χ1) is 13.8. The van der Waals surface area contributed by atoms with Gasteiger partial charge in [0.2, 0.25) is 0 Å². The Hall–Kier alpha value is -1.40. The zero-order valence-corrected chi connectivity index (χ0v) is 20.4. The van der Waals surface area contributed by atoms with E-state index in [1.54, 1.807) is 23.5 Å². The minimum Gasteiger partial charge on any atom is -0.367 e. The number of guanidine groups is 1. The SMILES string of the molecule is CCNC(=NCc1ccc(COCC(F)(F)F)cc1)NCc1nc(C(C)C)cs1.I. The number of hydrogen-bond acceptors (Lipinski definition) is 4. The number of nitrogens with one attached hydrogen (secondary N) is 2. The van der Waals surface area contributed by atoms with E-state index < -0.39 is 12.8 Å². The van der Waals surface area contributed by atoms with Gasteiger partial charge < -0.3 is 15.4 Å². The predicted octanol–water partition coefficient (Wildman–Crippen LogP) is 5.22. The normalized spacial score (nSPS) is 12.0. The Morgan fingerprint density at radius 2 is 1.83 bits per heavy atom. The van der Waals surface area contributed by atoms with Gasteiger partial charge in [-0.05, 0) is 24.0 Å². The van der Waals surface area contributed by atoms with Crippen molar-refractivity contribution in [1.29, 1.82) is 0 Å². The summed E-state index contributed by atoms with van der Waals surface area (Å²) in [4.78, 5) is 9.16. The number of benzene rings is 1. The molecule has 1 aromatic carbocycles. The quantitative estimate of drug-likeness (QED) is 0.253. The van der Waals surface area contributed by atoms with Crippen LogP contribution < -0.4 is 10.6 Å². The predicted molar refractivity (Wildman–Crippen MR) is 125 cm³/mol. The summed E-state index contributed by atoms with van der Waals surface area (Å²) in [6.45, 7) is 6.70. The molecule has 0 saturated heterocycles. The second kappa shape index (κ2) is 13.1. The van der Waals surface area contributed by atoms with E-state index in [2.05, 4.69) is 44.6 Å². The first-order valence-corrected chi connectivity index (χ1v) is 10.3. The van der Waals surface area contributed by atoms with E-state index in [9.17, 15) is 13.2 Å². The molecule has 2 rings (SSSR count). The summed E-state index contributed by atoms with van der Waals surface area (Å²) in [6.07, 6.45) is -4.31. The second-order valence-corrected chi connectivity index (χ2v) is 7.74. The average molecular weight is 556 g/mol. The highest BCUT2D eigenvalue weighted by atomic mass is 127. The highest BCUT2D eigenvalue weighted by Gasteiger charge is 2.27. The molecule has 0 radical (unpaired) electrons. The molecule has 2 N–H and O–H groups in total. The van der Waals surface area contributed by atoms with Gasteiger partial charge in [0.05, 0.1) is 25.4 Å². The van der Waals surface area contributed by atoms with Crippen LogP contribution in [0.2, 0.25) is 0 Å². The van der Waals surface area contributed by atoms with Gasteiger partial charge in [-0.15, -0.1) is 35.3 Å². The number of halogens is 4. The van der Waals surface area contributed by atoms with Crippen LogP contribution in [0.25, 0.3) is 0 Å². The smallest absolute Gasteiger partial charge is 0.367 e. The summed E-state index contributed by atoms with van der Waals surface area (Å²) in [7, 11) is 0. The molecule has 30 heavy (non-hydrogen) atoms. The number of alkyl halides is 3. The average Bonchev–Trinajstić information content (AvgIpc) is 3.13. The van der Waals surface area contributed by atoms with Gasteiger partial charge in [0.15, 0.2) is 5.96 Å². The lowest BCUT2D eigenvalue weighted by molar-refractivity contribution is -0.176. The largest absolute Gasteiger partial charge is 0.411 e. The number of rotatable bonds is 9. The molecule has 0 aliphatic heterocycles. The van der Waals surface area contributed by atoms with Crippen LogP contribution >= 0.6 is 35.3 Å². The molecule has 5 nitrogen and oxygen atoms in total. The van der Waals surface area contributed by atoms with Crippen LogP contribution in [0, 0.1) is 0 Å². The van der Waals surface area contributed by atoms with E-state index in [-0.39, 0.29) is 30.6 Å². The molecule has 0 unspecified atom stereocenters. The van der Waals surface area contributed by atoms with Crippen molar-refractivity contribution in [2.45, 2.75) is 52.6 Å². The topological polar surface area (TPSA) is 58.5 Å². The van der Waals surface area contributed by atoms with Crippen LogP contribution in [0.15, 0.2) is 34.6 Å². The molecule has 1 aromatic heterocycles. The van der Waals surface area contributed by atoms with Crippen molar-refractivity contribution in [3.05, 3.63) is 51.5 Å². The first kappa shape index (κ1) is 26.6. The molecule has 168 valence electrons. The first-order valence-electron chi connectivity index (χ1n) is 9.45. The lowest BCUT2D eigenvalue weighted by Crippen LogP contribution is -2.36. The zero-order chi connectivity index (χ0) is 21.3. The summed E-state index contributed by atoms with van der Waals surface area (Å²) in [5.41, 5.74) is 2.74. The third-order valence-electron chi connectivity index (χ3n) is 3.89. The summed E-state index contributed by atoms with van der Waals surface area (Å²) in [6, 6.07) is 7.19. The minimum absolute atomic E-state index is 0. The Labute approximate surface area is 196 Å². The molecule has 1 heterocycles. The summed E-state index contributed by atoms with van der Waals surface area (Å²) in [5.74, 6) is 1.09. The molecular weight excluding hydrogens is 528 g/mol. The van der Waals surface area contributed by atoms with Gasteiger partial charge in [-0.1, -0.05) is 38.1 Å². The molecular formula is C20H28F3IN4OS. The Morgan fingerprint density at radius 3 is 2.40 bits per heavy atom. The number of aliphatic imine (C=N–C) groups is 1. The van der Waals surface area contributed by atoms with E-state index >= 15 is 0 Å². The number of thiazole rings is 1. The van der Waals surface area contributed by atoms with E-state index in [0.29, 0.717) is 30.5 Å². The van der Waals surface area contributed by atoms with E-state index in [4.69, 9.17) is 0 Å². The standard InChI is InChI=1S/C20H27F3N4OS.HI/c1-4-24-19(26-10-18-27-17(12-29-18)14(2)3)25-9-15-5-7-16(8-6-15)11-28-13-20(21,22)23;/h5-8,12,14H,4,9-11,13H2,1-3H3,(H2,24,25,26);1H.